The van der Waals surface area contributed by atoms with Crippen LogP contribution >= 0.6 is 34.8 Å². The van der Waals surface area contributed by atoms with Crippen LogP contribution in [0.5, 0.6) is 5.88 Å². The topological polar surface area (TPSA) is 81.9 Å². The number of ketones is 1. The molecule has 7 nitrogen and oxygen atoms in total. The van der Waals surface area contributed by atoms with E-state index in [9.17, 15) is 26.7 Å². The molecule has 0 atom stereocenters. The molecule has 3 heterocycles. The van der Waals surface area contributed by atoms with Gasteiger partial charge in [0.15, 0.2) is 18.0 Å². The maximum atomic E-state index is 13.0. The first kappa shape index (κ1) is 30.3. The van der Waals surface area contributed by atoms with Gasteiger partial charge in [-0.1, -0.05) is 40.9 Å². The molecule has 0 aromatic carbocycles. The van der Waals surface area contributed by atoms with E-state index in [1.807, 2.05) is 0 Å². The van der Waals surface area contributed by atoms with Gasteiger partial charge in [0.1, 0.15) is 15.7 Å². The van der Waals surface area contributed by atoms with Crippen molar-refractivity contribution in [2.75, 3.05) is 11.9 Å². The van der Waals surface area contributed by atoms with E-state index < -0.39 is 30.9 Å². The maximum absolute atomic E-state index is 13.0. The summed E-state index contributed by atoms with van der Waals surface area (Å²) in [5.74, 6) is -1.96. The molecule has 0 saturated heterocycles. The molecule has 3 aromatic heterocycles. The largest absolute Gasteiger partial charge is 0.471 e. The summed E-state index contributed by atoms with van der Waals surface area (Å²) in [6, 6.07) is 1.36. The summed E-state index contributed by atoms with van der Waals surface area (Å²) in [4.78, 5) is 25.6. The van der Waals surface area contributed by atoms with Crippen molar-refractivity contribution in [3.63, 3.8) is 0 Å². The molecule has 1 saturated carbocycles. The highest BCUT2D eigenvalue weighted by atomic mass is 35.5. The average Bonchev–Trinajstić information content (AvgIpc) is 3.20. The van der Waals surface area contributed by atoms with Gasteiger partial charge in [0.05, 0.1) is 22.2 Å². The molecule has 3 aromatic rings. The van der Waals surface area contributed by atoms with Gasteiger partial charge in [-0.15, -0.1) is 0 Å². The van der Waals surface area contributed by atoms with Gasteiger partial charge in [0, 0.05) is 13.2 Å². The number of alkyl halides is 5. The minimum atomic E-state index is -4.19. The average molecular weight is 627 g/mol. The van der Waals surface area contributed by atoms with Crippen LogP contribution < -0.4 is 10.1 Å². The second kappa shape index (κ2) is 12.4. The monoisotopic (exact) mass is 625 g/mol. The lowest BCUT2D eigenvalue weighted by molar-refractivity contribution is -0.183. The normalized spacial score (nSPS) is 18.1. The van der Waals surface area contributed by atoms with E-state index in [0.29, 0.717) is 19.3 Å². The Morgan fingerprint density at radius 3 is 2.55 bits per heavy atom. The molecule has 15 heteroatoms. The van der Waals surface area contributed by atoms with Crippen LogP contribution in [0.3, 0.4) is 0 Å². The van der Waals surface area contributed by atoms with E-state index in [0.717, 1.165) is 0 Å². The molecule has 4 rings (SSSR count). The van der Waals surface area contributed by atoms with Crippen LogP contribution in [-0.2, 0) is 7.05 Å². The molecule has 0 aliphatic heterocycles. The first-order valence-electron chi connectivity index (χ1n) is 12.2. The van der Waals surface area contributed by atoms with Crippen molar-refractivity contribution in [1.29, 1.82) is 0 Å². The minimum absolute atomic E-state index is 0.00112. The molecule has 0 spiro atoms. The van der Waals surface area contributed by atoms with Crippen LogP contribution in [0.2, 0.25) is 15.2 Å². The number of allylic oxidation sites excluding steroid dienone is 2. The molecule has 0 radical (unpaired) electrons. The van der Waals surface area contributed by atoms with Crippen LogP contribution in [0.25, 0.3) is 11.2 Å². The van der Waals surface area contributed by atoms with Crippen molar-refractivity contribution >= 4 is 63.4 Å². The molecule has 1 aliphatic carbocycles. The van der Waals surface area contributed by atoms with E-state index >= 15 is 0 Å². The van der Waals surface area contributed by atoms with Gasteiger partial charge < -0.3 is 10.1 Å². The Balaban J connectivity index is 1.57. The number of hydrogen-bond donors (Lipinski definition) is 1. The zero-order valence-electron chi connectivity index (χ0n) is 20.9. The summed E-state index contributed by atoms with van der Waals surface area (Å²) in [5.41, 5.74) is 0.572. The second-order valence-corrected chi connectivity index (χ2v) is 10.5. The molecule has 0 bridgehead atoms. The maximum Gasteiger partial charge on any atom is 0.391 e. The Hall–Kier alpha value is -2.70. The first-order valence-corrected chi connectivity index (χ1v) is 13.3. The Labute approximate surface area is 240 Å². The van der Waals surface area contributed by atoms with Crippen molar-refractivity contribution in [2.24, 2.45) is 18.9 Å². The third-order valence-electron chi connectivity index (χ3n) is 6.64. The second-order valence-electron chi connectivity index (χ2n) is 9.35. The molecule has 1 fully saturated rings. The van der Waals surface area contributed by atoms with E-state index in [-0.39, 0.29) is 68.2 Å². The molecule has 0 unspecified atom stereocenters. The lowest BCUT2D eigenvalue weighted by Gasteiger charge is -2.29. The SMILES string of the molecule is Cn1c(Nc2c(Cl)cnc(Cl)c2Cl)nc2cc(C(=O)/C=C/CC3CCC(C(F)(F)F)CC3)c(OCC(F)F)nc21. The number of nitrogens with zero attached hydrogens (tertiary/aromatic N) is 4. The smallest absolute Gasteiger partial charge is 0.391 e. The fraction of sp³-hybridized carbons (Fsp3) is 0.440. The number of aromatic nitrogens is 4. The number of aryl methyl sites for hydroxylation is 1. The van der Waals surface area contributed by atoms with Crippen LogP contribution in [0.15, 0.2) is 24.4 Å². The van der Waals surface area contributed by atoms with E-state index in [1.54, 1.807) is 13.1 Å². The van der Waals surface area contributed by atoms with Crippen LogP contribution in [0.4, 0.5) is 33.6 Å². The highest BCUT2D eigenvalue weighted by molar-refractivity contribution is 6.45. The van der Waals surface area contributed by atoms with Crippen molar-refractivity contribution in [3.8, 4) is 5.88 Å². The molecule has 1 aliphatic rings. The standard InChI is InChI=1S/C25H23Cl3F5N5O2/c1-38-22-16(35-24(38)36-20-15(26)10-34-21(28)19(20)27)9-14(23(37-22)40-11-18(29)30)17(39)4-2-3-12-5-7-13(8-6-12)25(31,32)33/h2,4,9-10,12-13,18H,3,5-8,11H2,1H3,(H,34,35,36)/b4-2+. The zero-order chi connectivity index (χ0) is 29.2. The van der Waals surface area contributed by atoms with Gasteiger partial charge in [0.2, 0.25) is 11.8 Å². The summed E-state index contributed by atoms with van der Waals surface area (Å²) in [6.45, 7) is -0.991. The summed E-state index contributed by atoms with van der Waals surface area (Å²) in [6.07, 6.45) is -1.57. The Bertz CT molecular complexity index is 1420. The highest BCUT2D eigenvalue weighted by Gasteiger charge is 2.41. The van der Waals surface area contributed by atoms with Gasteiger partial charge in [-0.25, -0.2) is 18.7 Å². The fourth-order valence-electron chi connectivity index (χ4n) is 4.49. The first-order chi connectivity index (χ1) is 18.8. The Morgan fingerprint density at radius 1 is 1.20 bits per heavy atom. The van der Waals surface area contributed by atoms with E-state index in [1.165, 1.54) is 22.9 Å². The van der Waals surface area contributed by atoms with Crippen LogP contribution in [-0.4, -0.2) is 44.5 Å². The molecule has 216 valence electrons. The summed E-state index contributed by atoms with van der Waals surface area (Å²) >= 11 is 18.4. The predicted octanol–water partition coefficient (Wildman–Crippen LogP) is 8.21. The third-order valence-corrected chi connectivity index (χ3v) is 7.67. The molecular weight excluding hydrogens is 604 g/mol. The number of rotatable bonds is 9. The quantitative estimate of drug-likeness (QED) is 0.112. The Morgan fingerprint density at radius 2 is 1.90 bits per heavy atom. The van der Waals surface area contributed by atoms with Crippen LogP contribution in [0, 0.1) is 11.8 Å². The summed E-state index contributed by atoms with van der Waals surface area (Å²) in [5, 5.41) is 3.14. The number of ether oxygens (including phenoxy) is 1. The summed E-state index contributed by atoms with van der Waals surface area (Å²) in [7, 11) is 1.58. The van der Waals surface area contributed by atoms with Gasteiger partial charge >= 0.3 is 6.18 Å². The number of pyridine rings is 2. The predicted molar refractivity (Wildman–Crippen MR) is 142 cm³/mol. The lowest BCUT2D eigenvalue weighted by atomic mass is 9.80. The third kappa shape index (κ3) is 6.95. The van der Waals surface area contributed by atoms with Crippen LogP contribution in [0.1, 0.15) is 42.5 Å². The van der Waals surface area contributed by atoms with Gasteiger partial charge in [-0.2, -0.15) is 18.2 Å². The number of carbonyl (C=O) groups is 1. The number of imidazole rings is 1. The molecule has 0 amide bonds. The number of halogens is 8. The van der Waals surface area contributed by atoms with Gasteiger partial charge in [0.25, 0.3) is 6.43 Å². The number of anilines is 2. The summed E-state index contributed by atoms with van der Waals surface area (Å²) < 4.78 is 71.2. The molecule has 1 N–H and O–H groups in total. The fourth-order valence-corrected chi connectivity index (χ4v) is 5.07. The van der Waals surface area contributed by atoms with Gasteiger partial charge in [-0.3, -0.25) is 9.36 Å². The van der Waals surface area contributed by atoms with E-state index in [4.69, 9.17) is 39.5 Å². The van der Waals surface area contributed by atoms with Crippen molar-refractivity contribution in [3.05, 3.63) is 45.2 Å². The van der Waals surface area contributed by atoms with E-state index in [2.05, 4.69) is 20.3 Å². The minimum Gasteiger partial charge on any atom is -0.471 e. The van der Waals surface area contributed by atoms with Crippen molar-refractivity contribution in [2.45, 2.75) is 44.7 Å². The molecule has 40 heavy (non-hydrogen) atoms. The number of carbonyl (C=O) groups excluding carboxylic acids is 1. The highest BCUT2D eigenvalue weighted by Crippen LogP contribution is 2.40. The lowest BCUT2D eigenvalue weighted by Crippen LogP contribution is -2.27. The Kier molecular flexibility index (Phi) is 9.41. The number of fused-ring (bicyclic) bond motifs is 1. The zero-order valence-corrected chi connectivity index (χ0v) is 23.2. The van der Waals surface area contributed by atoms with Gasteiger partial charge in [-0.05, 0) is 50.2 Å². The van der Waals surface area contributed by atoms with Crippen molar-refractivity contribution in [1.82, 2.24) is 19.5 Å². The molecular formula is C25H23Cl3F5N5O2. The van der Waals surface area contributed by atoms with Crippen molar-refractivity contribution < 1.29 is 31.5 Å². The number of nitrogens with one attached hydrogen (secondary N) is 1. The number of hydrogen-bond acceptors (Lipinski definition) is 6.